The fraction of sp³-hybridized carbons (Fsp3) is 0.789. The summed E-state index contributed by atoms with van der Waals surface area (Å²) in [6, 6.07) is -0.114. The Hall–Kier alpha value is -2.20. The second-order valence-corrected chi connectivity index (χ2v) is 7.03. The van der Waals surface area contributed by atoms with Crippen molar-refractivity contribution >= 4 is 23.6 Å². The highest BCUT2D eigenvalue weighted by atomic mass is 16.5. The number of nitrogens with one attached hydrogen (secondary N) is 3. The molecule has 0 spiro atoms. The third-order valence-corrected chi connectivity index (χ3v) is 3.86. The van der Waals surface area contributed by atoms with Crippen LogP contribution in [-0.4, -0.2) is 85.2 Å². The van der Waals surface area contributed by atoms with Crippen molar-refractivity contribution in [1.82, 2.24) is 20.9 Å². The molecule has 4 amide bonds. The van der Waals surface area contributed by atoms with Crippen molar-refractivity contribution in [1.29, 1.82) is 0 Å². The lowest BCUT2D eigenvalue weighted by Crippen LogP contribution is -2.48. The molecule has 0 aliphatic carbocycles. The number of amides is 4. The van der Waals surface area contributed by atoms with Crippen LogP contribution in [0.1, 0.15) is 47.0 Å². The zero-order chi connectivity index (χ0) is 22.2. The number of hydrogen-bond donors (Lipinski definition) is 4. The summed E-state index contributed by atoms with van der Waals surface area (Å²) in [5.41, 5.74) is 0. The van der Waals surface area contributed by atoms with Gasteiger partial charge in [0.25, 0.3) is 0 Å². The van der Waals surface area contributed by atoms with Gasteiger partial charge in [0, 0.05) is 31.5 Å². The van der Waals surface area contributed by atoms with Crippen molar-refractivity contribution < 1.29 is 29.0 Å². The first-order valence-corrected chi connectivity index (χ1v) is 10.0. The van der Waals surface area contributed by atoms with E-state index < -0.39 is 5.91 Å². The van der Waals surface area contributed by atoms with Crippen LogP contribution in [0.5, 0.6) is 0 Å². The van der Waals surface area contributed by atoms with E-state index in [-0.39, 0.29) is 82.1 Å². The van der Waals surface area contributed by atoms with Crippen LogP contribution in [0.4, 0.5) is 0 Å². The van der Waals surface area contributed by atoms with Crippen LogP contribution in [0, 0.1) is 0 Å². The van der Waals surface area contributed by atoms with E-state index in [0.717, 1.165) is 6.42 Å². The minimum absolute atomic E-state index is 0.0312. The average Bonchev–Trinajstić information content (AvgIpc) is 2.63. The van der Waals surface area contributed by atoms with Gasteiger partial charge in [-0.1, -0.05) is 6.92 Å². The number of carbonyl (C=O) groups excluding carboxylic acids is 4. The molecule has 0 radical (unpaired) electrons. The Bertz CT molecular complexity index is 527. The van der Waals surface area contributed by atoms with Crippen molar-refractivity contribution in [3.8, 4) is 0 Å². The molecule has 0 aromatic carbocycles. The van der Waals surface area contributed by atoms with Gasteiger partial charge in [-0.2, -0.15) is 0 Å². The molecular formula is C19H36N4O6. The molecule has 0 fully saturated rings. The molecule has 4 N–H and O–H groups in total. The summed E-state index contributed by atoms with van der Waals surface area (Å²) in [6.45, 7) is 7.27. The molecule has 10 nitrogen and oxygen atoms in total. The fourth-order valence-corrected chi connectivity index (χ4v) is 2.26. The summed E-state index contributed by atoms with van der Waals surface area (Å²) >= 11 is 0. The number of carbonyl (C=O) groups is 4. The molecule has 0 heterocycles. The smallest absolute Gasteiger partial charge is 0.239 e. The number of ether oxygens (including phenoxy) is 1. The third kappa shape index (κ3) is 14.5. The summed E-state index contributed by atoms with van der Waals surface area (Å²) in [7, 11) is 0. The van der Waals surface area contributed by atoms with E-state index in [2.05, 4.69) is 16.0 Å². The predicted octanol–water partition coefficient (Wildman–Crippen LogP) is -0.840. The van der Waals surface area contributed by atoms with Gasteiger partial charge < -0.3 is 30.7 Å². The third-order valence-electron chi connectivity index (χ3n) is 3.86. The van der Waals surface area contributed by atoms with Gasteiger partial charge in [0.1, 0.15) is 13.1 Å². The van der Waals surface area contributed by atoms with Crippen LogP contribution in [0.3, 0.4) is 0 Å². The first-order valence-electron chi connectivity index (χ1n) is 10.0. The minimum atomic E-state index is -0.403. The van der Waals surface area contributed by atoms with Gasteiger partial charge in [-0.25, -0.2) is 0 Å². The highest BCUT2D eigenvalue weighted by Gasteiger charge is 2.21. The van der Waals surface area contributed by atoms with Gasteiger partial charge in [-0.05, 0) is 27.2 Å². The van der Waals surface area contributed by atoms with E-state index >= 15 is 0 Å². The Morgan fingerprint density at radius 2 is 1.55 bits per heavy atom. The summed E-state index contributed by atoms with van der Waals surface area (Å²) in [5.74, 6) is -1.38. The van der Waals surface area contributed by atoms with Crippen molar-refractivity contribution in [2.75, 3.05) is 39.5 Å². The quantitative estimate of drug-likeness (QED) is 0.257. The average molecular weight is 417 g/mol. The zero-order valence-electron chi connectivity index (χ0n) is 18.0. The number of hydrogen-bond acceptors (Lipinski definition) is 6. The van der Waals surface area contributed by atoms with Gasteiger partial charge in [0.2, 0.25) is 23.6 Å². The largest absolute Gasteiger partial charge is 0.394 e. The van der Waals surface area contributed by atoms with Crippen LogP contribution >= 0.6 is 0 Å². The van der Waals surface area contributed by atoms with Crippen LogP contribution in [0.25, 0.3) is 0 Å². The maximum Gasteiger partial charge on any atom is 0.239 e. The van der Waals surface area contributed by atoms with E-state index in [9.17, 15) is 19.2 Å². The van der Waals surface area contributed by atoms with Crippen LogP contribution in [0.15, 0.2) is 0 Å². The summed E-state index contributed by atoms with van der Waals surface area (Å²) in [4.78, 5) is 49.6. The first-order chi connectivity index (χ1) is 13.7. The number of rotatable bonds is 15. The highest BCUT2D eigenvalue weighted by Crippen LogP contribution is 1.97. The van der Waals surface area contributed by atoms with E-state index in [0.29, 0.717) is 0 Å². The summed E-state index contributed by atoms with van der Waals surface area (Å²) in [6.07, 6.45) is 0.836. The molecule has 10 heteroatoms. The van der Waals surface area contributed by atoms with Crippen molar-refractivity contribution in [3.63, 3.8) is 0 Å². The topological polar surface area (TPSA) is 137 Å². The number of aliphatic hydroxyl groups excluding tert-OH is 1. The normalized spacial score (nSPS) is 11.7. The molecule has 0 aliphatic rings. The number of aliphatic hydroxyl groups is 1. The van der Waals surface area contributed by atoms with Crippen LogP contribution in [-0.2, 0) is 23.9 Å². The second kappa shape index (κ2) is 15.7. The maximum atomic E-state index is 12.5. The van der Waals surface area contributed by atoms with Gasteiger partial charge in [-0.15, -0.1) is 0 Å². The lowest BCUT2D eigenvalue weighted by molar-refractivity contribution is -0.139. The number of nitrogens with zero attached hydrogens (tertiary/aromatic N) is 1. The molecule has 0 saturated heterocycles. The standard InChI is InChI=1S/C19H36N4O6/c1-5-15(4)22-18(27)13-23(12-17(26)21-14(2)3)19(28)6-8-20-16(25)7-10-29-11-9-24/h14-15,24H,5-13H2,1-4H3,(H,20,25)(H,21,26)(H,22,27). The molecule has 29 heavy (non-hydrogen) atoms. The first kappa shape index (κ1) is 26.8. The van der Waals surface area contributed by atoms with Crippen molar-refractivity contribution in [2.45, 2.75) is 59.0 Å². The lowest BCUT2D eigenvalue weighted by Gasteiger charge is -2.23. The molecule has 0 aliphatic heterocycles. The second-order valence-electron chi connectivity index (χ2n) is 7.03. The van der Waals surface area contributed by atoms with Crippen molar-refractivity contribution in [3.05, 3.63) is 0 Å². The molecule has 0 aromatic rings. The van der Waals surface area contributed by atoms with Gasteiger partial charge >= 0.3 is 0 Å². The van der Waals surface area contributed by atoms with Crippen LogP contribution < -0.4 is 16.0 Å². The van der Waals surface area contributed by atoms with Gasteiger partial charge in [0.15, 0.2) is 0 Å². The SMILES string of the molecule is CCC(C)NC(=O)CN(CC(=O)NC(C)C)C(=O)CCNC(=O)CCOCCO. The molecule has 0 aromatic heterocycles. The predicted molar refractivity (Wildman–Crippen MR) is 108 cm³/mol. The Balaban J connectivity index is 4.60. The van der Waals surface area contributed by atoms with Gasteiger partial charge in [0.05, 0.1) is 19.8 Å². The monoisotopic (exact) mass is 416 g/mol. The summed E-state index contributed by atoms with van der Waals surface area (Å²) < 4.78 is 5.00. The Morgan fingerprint density at radius 3 is 2.10 bits per heavy atom. The van der Waals surface area contributed by atoms with Crippen molar-refractivity contribution in [2.24, 2.45) is 0 Å². The van der Waals surface area contributed by atoms with E-state index in [4.69, 9.17) is 9.84 Å². The minimum Gasteiger partial charge on any atom is -0.394 e. The molecule has 168 valence electrons. The zero-order valence-corrected chi connectivity index (χ0v) is 18.0. The molecule has 1 atom stereocenters. The van der Waals surface area contributed by atoms with E-state index in [1.165, 1.54) is 4.90 Å². The Kier molecular flexibility index (Phi) is 14.5. The molecular weight excluding hydrogens is 380 g/mol. The van der Waals surface area contributed by atoms with Crippen LogP contribution in [0.2, 0.25) is 0 Å². The maximum absolute atomic E-state index is 12.5. The Labute approximate surface area is 172 Å². The highest BCUT2D eigenvalue weighted by molar-refractivity contribution is 5.89. The fourth-order valence-electron chi connectivity index (χ4n) is 2.26. The molecule has 1 unspecified atom stereocenters. The van der Waals surface area contributed by atoms with E-state index in [1.807, 2.05) is 13.8 Å². The summed E-state index contributed by atoms with van der Waals surface area (Å²) in [5, 5.41) is 16.7. The Morgan fingerprint density at radius 1 is 0.931 bits per heavy atom. The molecule has 0 bridgehead atoms. The van der Waals surface area contributed by atoms with E-state index in [1.54, 1.807) is 13.8 Å². The lowest BCUT2D eigenvalue weighted by atomic mass is 10.2. The molecule has 0 saturated carbocycles. The van der Waals surface area contributed by atoms with Gasteiger partial charge in [-0.3, -0.25) is 19.2 Å². The molecule has 0 rings (SSSR count).